The molecule has 33 heavy (non-hydrogen) atoms. The number of hydrogen-bond donors (Lipinski definition) is 1. The highest BCUT2D eigenvalue weighted by Crippen LogP contribution is 2.36. The van der Waals surface area contributed by atoms with E-state index in [1.54, 1.807) is 37.4 Å². The fraction of sp³-hybridized carbons (Fsp3) is 0.0741. The van der Waals surface area contributed by atoms with Crippen LogP contribution < -0.4 is 15.0 Å². The van der Waals surface area contributed by atoms with Gasteiger partial charge in [-0.05, 0) is 49.4 Å². The first-order valence-corrected chi connectivity index (χ1v) is 10.5. The average molecular weight is 435 g/mol. The molecule has 1 aliphatic heterocycles. The summed E-state index contributed by atoms with van der Waals surface area (Å²) in [4.78, 5) is 32.8. The summed E-state index contributed by atoms with van der Waals surface area (Å²) in [7, 11) is 1.57. The lowest BCUT2D eigenvalue weighted by atomic mass is 10.0. The molecule has 3 aromatic carbocycles. The third-order valence-electron chi connectivity index (χ3n) is 5.58. The molecule has 1 aromatic heterocycles. The Bertz CT molecular complexity index is 1350. The van der Waals surface area contributed by atoms with Gasteiger partial charge in [0.05, 0.1) is 29.6 Å². The minimum atomic E-state index is -0.415. The number of hydrogen-bond acceptors (Lipinski definition) is 5. The molecule has 0 saturated heterocycles. The van der Waals surface area contributed by atoms with Crippen LogP contribution in [0.25, 0.3) is 11.3 Å². The minimum absolute atomic E-state index is 0.260. The monoisotopic (exact) mass is 435 g/mol. The molecule has 162 valence electrons. The van der Waals surface area contributed by atoms with Crippen LogP contribution >= 0.6 is 0 Å². The number of pyridine rings is 1. The zero-order chi connectivity index (χ0) is 22.9. The van der Waals surface area contributed by atoms with Crippen molar-refractivity contribution in [1.82, 2.24) is 4.98 Å². The van der Waals surface area contributed by atoms with E-state index in [-0.39, 0.29) is 11.5 Å². The van der Waals surface area contributed by atoms with E-state index in [1.807, 2.05) is 61.5 Å². The number of para-hydroxylation sites is 1. The fourth-order valence-corrected chi connectivity index (χ4v) is 3.84. The van der Waals surface area contributed by atoms with Gasteiger partial charge >= 0.3 is 0 Å². The van der Waals surface area contributed by atoms with E-state index in [0.29, 0.717) is 28.5 Å². The lowest BCUT2D eigenvalue weighted by Crippen LogP contribution is -2.29. The molecule has 0 unspecified atom stereocenters. The van der Waals surface area contributed by atoms with Gasteiger partial charge in [-0.15, -0.1) is 0 Å². The van der Waals surface area contributed by atoms with Crippen LogP contribution in [0.5, 0.6) is 5.75 Å². The average Bonchev–Trinajstić information content (AvgIpc) is 3.10. The highest BCUT2D eigenvalue weighted by molar-refractivity contribution is 6.36. The molecule has 5 rings (SSSR count). The van der Waals surface area contributed by atoms with Crippen LogP contribution in [0.2, 0.25) is 0 Å². The Morgan fingerprint density at radius 2 is 1.55 bits per heavy atom. The van der Waals surface area contributed by atoms with E-state index in [4.69, 9.17) is 9.72 Å². The summed E-state index contributed by atoms with van der Waals surface area (Å²) in [5.74, 6) is 0.197. The van der Waals surface area contributed by atoms with Crippen molar-refractivity contribution in [2.45, 2.75) is 6.92 Å². The van der Waals surface area contributed by atoms with Gasteiger partial charge in [0, 0.05) is 11.3 Å². The number of aromatic nitrogens is 1. The third kappa shape index (κ3) is 3.72. The Balaban J connectivity index is 1.64. The summed E-state index contributed by atoms with van der Waals surface area (Å²) in [5, 5.41) is 3.24. The van der Waals surface area contributed by atoms with E-state index in [1.165, 1.54) is 4.90 Å². The second-order valence-electron chi connectivity index (χ2n) is 7.78. The maximum atomic E-state index is 13.5. The molecule has 0 atom stereocenters. The Morgan fingerprint density at radius 1 is 0.848 bits per heavy atom. The molecule has 1 N–H and O–H groups in total. The van der Waals surface area contributed by atoms with Crippen LogP contribution in [-0.2, 0) is 0 Å². The van der Waals surface area contributed by atoms with Gasteiger partial charge in [-0.1, -0.05) is 48.0 Å². The number of fused-ring (bicyclic) bond motifs is 1. The number of rotatable bonds is 5. The largest absolute Gasteiger partial charge is 0.497 e. The quantitative estimate of drug-likeness (QED) is 0.413. The van der Waals surface area contributed by atoms with Crippen LogP contribution in [0, 0.1) is 6.92 Å². The Labute approximate surface area is 191 Å². The molecule has 0 fully saturated rings. The number of methoxy groups -OCH3 is 1. The standard InChI is InChI=1S/C27H21N3O3/c1-17-8-10-18(11-9-17)23-16-22-24(25(29-23)28-19-6-4-3-5-7-19)27(32)30(26(22)31)20-12-14-21(33-2)15-13-20/h3-16H,1-2H3,(H,28,29). The van der Waals surface area contributed by atoms with Gasteiger partial charge in [-0.2, -0.15) is 0 Å². The molecule has 0 aliphatic carbocycles. The SMILES string of the molecule is COc1ccc(N2C(=O)c3cc(-c4ccc(C)cc4)nc(Nc4ccccc4)c3C2=O)cc1. The van der Waals surface area contributed by atoms with Gasteiger partial charge in [0.15, 0.2) is 0 Å². The van der Waals surface area contributed by atoms with Crippen molar-refractivity contribution in [1.29, 1.82) is 0 Å². The number of nitrogens with one attached hydrogen (secondary N) is 1. The fourth-order valence-electron chi connectivity index (χ4n) is 3.84. The number of anilines is 3. The van der Waals surface area contributed by atoms with Crippen molar-refractivity contribution >= 4 is 29.0 Å². The number of nitrogens with zero attached hydrogens (tertiary/aromatic N) is 2. The normalized spacial score (nSPS) is 12.6. The summed E-state index contributed by atoms with van der Waals surface area (Å²) in [5.41, 5.74) is 4.43. The van der Waals surface area contributed by atoms with Gasteiger partial charge in [0.2, 0.25) is 0 Å². The molecule has 2 amide bonds. The van der Waals surface area contributed by atoms with Crippen LogP contribution in [-0.4, -0.2) is 23.9 Å². The third-order valence-corrected chi connectivity index (χ3v) is 5.58. The van der Waals surface area contributed by atoms with Crippen LogP contribution in [0.15, 0.2) is 84.9 Å². The molecule has 0 radical (unpaired) electrons. The molecular weight excluding hydrogens is 414 g/mol. The summed E-state index contributed by atoms with van der Waals surface area (Å²) in [6.45, 7) is 2.01. The first-order chi connectivity index (χ1) is 16.0. The molecule has 6 heteroatoms. The molecule has 0 bridgehead atoms. The predicted molar refractivity (Wildman–Crippen MR) is 128 cm³/mol. The van der Waals surface area contributed by atoms with E-state index < -0.39 is 5.91 Å². The molecule has 0 saturated carbocycles. The lowest BCUT2D eigenvalue weighted by Gasteiger charge is -2.14. The number of ether oxygens (including phenoxy) is 1. The lowest BCUT2D eigenvalue weighted by molar-refractivity contribution is 0.0926. The van der Waals surface area contributed by atoms with Crippen molar-refractivity contribution in [2.24, 2.45) is 0 Å². The minimum Gasteiger partial charge on any atom is -0.497 e. The Kier molecular flexibility index (Phi) is 5.11. The van der Waals surface area contributed by atoms with Crippen molar-refractivity contribution in [3.05, 3.63) is 102 Å². The van der Waals surface area contributed by atoms with Crippen molar-refractivity contribution < 1.29 is 14.3 Å². The number of carbonyl (C=O) groups is 2. The number of imide groups is 1. The molecular formula is C27H21N3O3. The highest BCUT2D eigenvalue weighted by atomic mass is 16.5. The van der Waals surface area contributed by atoms with Gasteiger partial charge in [-0.3, -0.25) is 9.59 Å². The zero-order valence-electron chi connectivity index (χ0n) is 18.2. The van der Waals surface area contributed by atoms with E-state index in [0.717, 1.165) is 16.8 Å². The van der Waals surface area contributed by atoms with E-state index >= 15 is 0 Å². The van der Waals surface area contributed by atoms with Crippen LogP contribution in [0.1, 0.15) is 26.3 Å². The maximum absolute atomic E-state index is 13.5. The van der Waals surface area contributed by atoms with E-state index in [2.05, 4.69) is 5.32 Å². The molecule has 1 aliphatic rings. The van der Waals surface area contributed by atoms with Gasteiger partial charge < -0.3 is 10.1 Å². The summed E-state index contributed by atoms with van der Waals surface area (Å²) >= 11 is 0. The Hall–Kier alpha value is -4.45. The smallest absolute Gasteiger partial charge is 0.269 e. The van der Waals surface area contributed by atoms with Gasteiger partial charge in [0.25, 0.3) is 11.8 Å². The van der Waals surface area contributed by atoms with Crippen LogP contribution in [0.4, 0.5) is 17.2 Å². The highest BCUT2D eigenvalue weighted by Gasteiger charge is 2.40. The molecule has 6 nitrogen and oxygen atoms in total. The zero-order valence-corrected chi connectivity index (χ0v) is 18.2. The van der Waals surface area contributed by atoms with Crippen molar-refractivity contribution in [3.8, 4) is 17.0 Å². The number of amides is 2. The number of carbonyl (C=O) groups excluding carboxylic acids is 2. The van der Waals surface area contributed by atoms with Crippen LogP contribution in [0.3, 0.4) is 0 Å². The topological polar surface area (TPSA) is 71.5 Å². The van der Waals surface area contributed by atoms with Crippen molar-refractivity contribution in [2.75, 3.05) is 17.3 Å². The number of aryl methyl sites for hydroxylation is 1. The second kappa shape index (κ2) is 8.24. The molecule has 2 heterocycles. The summed E-state index contributed by atoms with van der Waals surface area (Å²) < 4.78 is 5.20. The summed E-state index contributed by atoms with van der Waals surface area (Å²) in [6, 6.07) is 25.9. The van der Waals surface area contributed by atoms with Gasteiger partial charge in [-0.25, -0.2) is 9.88 Å². The Morgan fingerprint density at radius 3 is 2.21 bits per heavy atom. The predicted octanol–water partition coefficient (Wildman–Crippen LogP) is 5.61. The molecule has 0 spiro atoms. The number of benzene rings is 3. The second-order valence-corrected chi connectivity index (χ2v) is 7.78. The summed E-state index contributed by atoms with van der Waals surface area (Å²) in [6.07, 6.45) is 0. The molecule has 4 aromatic rings. The first-order valence-electron chi connectivity index (χ1n) is 10.5. The maximum Gasteiger partial charge on any atom is 0.269 e. The van der Waals surface area contributed by atoms with E-state index in [9.17, 15) is 9.59 Å². The first kappa shape index (κ1) is 20.5. The van der Waals surface area contributed by atoms with Gasteiger partial charge in [0.1, 0.15) is 11.6 Å². The van der Waals surface area contributed by atoms with Crippen molar-refractivity contribution in [3.63, 3.8) is 0 Å².